The first-order valence-corrected chi connectivity index (χ1v) is 7.46. The van der Waals surface area contributed by atoms with Gasteiger partial charge in [0.2, 0.25) is 0 Å². The minimum atomic E-state index is 0.808. The Morgan fingerprint density at radius 2 is 1.71 bits per heavy atom. The first-order chi connectivity index (χ1) is 8.15. The summed E-state index contributed by atoms with van der Waals surface area (Å²) in [6, 6.07) is 14.4. The zero-order valence-corrected chi connectivity index (χ0v) is 13.6. The largest absolute Gasteiger partial charge is 0.381 e. The minimum Gasteiger partial charge on any atom is -0.381 e. The van der Waals surface area contributed by atoms with Crippen molar-refractivity contribution in [3.8, 4) is 0 Å². The summed E-state index contributed by atoms with van der Waals surface area (Å²) in [4.78, 5) is 0. The molecule has 2 aromatic carbocycles. The van der Waals surface area contributed by atoms with Crippen LogP contribution in [0.2, 0.25) is 0 Å². The summed E-state index contributed by atoms with van der Waals surface area (Å²) in [6.45, 7) is 0.808. The van der Waals surface area contributed by atoms with Crippen molar-refractivity contribution < 1.29 is 0 Å². The number of halogens is 3. The lowest BCUT2D eigenvalue weighted by Gasteiger charge is -2.08. The van der Waals surface area contributed by atoms with Gasteiger partial charge in [-0.2, -0.15) is 0 Å². The Labute approximate surface area is 126 Å². The van der Waals surface area contributed by atoms with Crippen LogP contribution in [0, 0.1) is 0 Å². The molecule has 0 bridgehead atoms. The molecule has 1 nitrogen and oxygen atoms in total. The quantitative estimate of drug-likeness (QED) is 0.684. The molecule has 2 aromatic rings. The topological polar surface area (TPSA) is 12.0 Å². The van der Waals surface area contributed by atoms with Crippen molar-refractivity contribution in [1.82, 2.24) is 0 Å². The van der Waals surface area contributed by atoms with Gasteiger partial charge < -0.3 is 5.32 Å². The number of anilines is 1. The molecule has 0 saturated heterocycles. The molecular formula is C13H10Br3N. The van der Waals surface area contributed by atoms with E-state index < -0.39 is 0 Å². The van der Waals surface area contributed by atoms with E-state index in [9.17, 15) is 0 Å². The van der Waals surface area contributed by atoms with Crippen molar-refractivity contribution in [3.05, 3.63) is 61.4 Å². The number of nitrogens with one attached hydrogen (secondary N) is 1. The van der Waals surface area contributed by atoms with Crippen molar-refractivity contribution in [3.63, 3.8) is 0 Å². The van der Waals surface area contributed by atoms with E-state index in [4.69, 9.17) is 0 Å². The lowest BCUT2D eigenvalue weighted by molar-refractivity contribution is 1.14. The van der Waals surface area contributed by atoms with E-state index in [0.29, 0.717) is 0 Å². The Morgan fingerprint density at radius 3 is 2.41 bits per heavy atom. The normalized spacial score (nSPS) is 10.3. The molecule has 0 amide bonds. The van der Waals surface area contributed by atoms with Gasteiger partial charge in [0, 0.05) is 25.7 Å². The molecule has 0 aliphatic rings. The molecule has 0 aliphatic heterocycles. The second kappa shape index (κ2) is 6.03. The zero-order valence-electron chi connectivity index (χ0n) is 8.88. The third-order valence-corrected chi connectivity index (χ3v) is 4.68. The van der Waals surface area contributed by atoms with Gasteiger partial charge in [0.1, 0.15) is 0 Å². The van der Waals surface area contributed by atoms with Crippen LogP contribution in [0.5, 0.6) is 0 Å². The SMILES string of the molecule is Brc1cccc(NCc2ccc(Br)c(Br)c2)c1. The van der Waals surface area contributed by atoms with Crippen molar-refractivity contribution in [1.29, 1.82) is 0 Å². The lowest BCUT2D eigenvalue weighted by Crippen LogP contribution is -1.99. The van der Waals surface area contributed by atoms with E-state index in [1.54, 1.807) is 0 Å². The first-order valence-electron chi connectivity index (χ1n) is 5.08. The van der Waals surface area contributed by atoms with Gasteiger partial charge in [0.15, 0.2) is 0 Å². The summed E-state index contributed by atoms with van der Waals surface area (Å²) in [6.07, 6.45) is 0. The van der Waals surface area contributed by atoms with E-state index in [0.717, 1.165) is 25.7 Å². The smallest absolute Gasteiger partial charge is 0.0401 e. The maximum Gasteiger partial charge on any atom is 0.0401 e. The monoisotopic (exact) mass is 417 g/mol. The Balaban J connectivity index is 2.05. The van der Waals surface area contributed by atoms with Crippen LogP contribution in [-0.2, 0) is 6.54 Å². The summed E-state index contributed by atoms with van der Waals surface area (Å²) in [5.74, 6) is 0. The van der Waals surface area contributed by atoms with Crippen molar-refractivity contribution >= 4 is 53.5 Å². The van der Waals surface area contributed by atoms with Crippen LogP contribution in [0.3, 0.4) is 0 Å². The van der Waals surface area contributed by atoms with Crippen LogP contribution in [0.1, 0.15) is 5.56 Å². The first kappa shape index (κ1) is 13.1. The summed E-state index contributed by atoms with van der Waals surface area (Å²) >= 11 is 10.4. The molecule has 0 fully saturated rings. The summed E-state index contributed by atoms with van der Waals surface area (Å²) in [5.41, 5.74) is 2.35. The fourth-order valence-electron chi connectivity index (χ4n) is 1.45. The van der Waals surface area contributed by atoms with Gasteiger partial charge in [0.05, 0.1) is 0 Å². The molecule has 0 aromatic heterocycles. The number of benzene rings is 2. The van der Waals surface area contributed by atoms with E-state index in [2.05, 4.69) is 77.4 Å². The van der Waals surface area contributed by atoms with Gasteiger partial charge >= 0.3 is 0 Å². The molecule has 0 radical (unpaired) electrons. The lowest BCUT2D eigenvalue weighted by atomic mass is 10.2. The summed E-state index contributed by atoms with van der Waals surface area (Å²) in [7, 11) is 0. The Hall–Kier alpha value is -0.320. The van der Waals surface area contributed by atoms with E-state index in [1.165, 1.54) is 5.56 Å². The van der Waals surface area contributed by atoms with Gasteiger partial charge in [-0.1, -0.05) is 28.1 Å². The van der Waals surface area contributed by atoms with Crippen LogP contribution in [0.4, 0.5) is 5.69 Å². The maximum atomic E-state index is 3.50. The van der Waals surface area contributed by atoms with Crippen LogP contribution in [0.25, 0.3) is 0 Å². The third kappa shape index (κ3) is 3.83. The maximum absolute atomic E-state index is 3.50. The average Bonchev–Trinajstić information content (AvgIpc) is 2.31. The molecule has 0 unspecified atom stereocenters. The van der Waals surface area contributed by atoms with Gasteiger partial charge in [-0.25, -0.2) is 0 Å². The van der Waals surface area contributed by atoms with Gasteiger partial charge in [-0.05, 0) is 67.8 Å². The molecule has 0 aliphatic carbocycles. The predicted octanol–water partition coefficient (Wildman–Crippen LogP) is 5.59. The molecule has 4 heteroatoms. The molecular weight excluding hydrogens is 410 g/mol. The number of hydrogen-bond acceptors (Lipinski definition) is 1. The van der Waals surface area contributed by atoms with E-state index >= 15 is 0 Å². The van der Waals surface area contributed by atoms with Crippen molar-refractivity contribution in [2.24, 2.45) is 0 Å². The fourth-order valence-corrected chi connectivity index (χ4v) is 2.52. The second-order valence-corrected chi connectivity index (χ2v) is 6.24. The highest BCUT2D eigenvalue weighted by molar-refractivity contribution is 9.13. The fraction of sp³-hybridized carbons (Fsp3) is 0.0769. The zero-order chi connectivity index (χ0) is 12.3. The van der Waals surface area contributed by atoms with Crippen LogP contribution in [0.15, 0.2) is 55.9 Å². The highest BCUT2D eigenvalue weighted by atomic mass is 79.9. The molecule has 17 heavy (non-hydrogen) atoms. The predicted molar refractivity (Wildman–Crippen MR) is 83.3 cm³/mol. The van der Waals surface area contributed by atoms with Crippen LogP contribution < -0.4 is 5.32 Å². The average molecular weight is 420 g/mol. The highest BCUT2D eigenvalue weighted by Gasteiger charge is 1.99. The summed E-state index contributed by atoms with van der Waals surface area (Å²) < 4.78 is 3.23. The highest BCUT2D eigenvalue weighted by Crippen LogP contribution is 2.24. The molecule has 0 spiro atoms. The molecule has 0 atom stereocenters. The van der Waals surface area contributed by atoms with Gasteiger partial charge in [0.25, 0.3) is 0 Å². The molecule has 0 heterocycles. The van der Waals surface area contributed by atoms with Gasteiger partial charge in [-0.15, -0.1) is 0 Å². The molecule has 2 rings (SSSR count). The summed E-state index contributed by atoms with van der Waals surface area (Å²) in [5, 5.41) is 3.38. The molecule has 0 saturated carbocycles. The van der Waals surface area contributed by atoms with E-state index in [1.807, 2.05) is 18.2 Å². The van der Waals surface area contributed by atoms with Crippen molar-refractivity contribution in [2.75, 3.05) is 5.32 Å². The van der Waals surface area contributed by atoms with Crippen LogP contribution >= 0.6 is 47.8 Å². The van der Waals surface area contributed by atoms with Gasteiger partial charge in [-0.3, -0.25) is 0 Å². The van der Waals surface area contributed by atoms with E-state index in [-0.39, 0.29) is 0 Å². The number of hydrogen-bond donors (Lipinski definition) is 1. The molecule has 88 valence electrons. The van der Waals surface area contributed by atoms with Crippen molar-refractivity contribution in [2.45, 2.75) is 6.54 Å². The Morgan fingerprint density at radius 1 is 0.882 bits per heavy atom. The standard InChI is InChI=1S/C13H10Br3N/c14-10-2-1-3-11(7-10)17-8-9-4-5-12(15)13(16)6-9/h1-7,17H,8H2. The second-order valence-electron chi connectivity index (χ2n) is 3.61. The third-order valence-electron chi connectivity index (χ3n) is 2.31. The Kier molecular flexibility index (Phi) is 4.65. The Bertz CT molecular complexity index is 526. The molecule has 1 N–H and O–H groups in total. The van der Waals surface area contributed by atoms with Crippen LogP contribution in [-0.4, -0.2) is 0 Å². The minimum absolute atomic E-state index is 0.808. The number of rotatable bonds is 3.